The van der Waals surface area contributed by atoms with Crippen LogP contribution >= 0.6 is 23.2 Å². The van der Waals surface area contributed by atoms with E-state index in [1.54, 1.807) is 6.92 Å². The number of benzene rings is 2. The summed E-state index contributed by atoms with van der Waals surface area (Å²) in [6, 6.07) is 6.69. The molecule has 1 saturated heterocycles. The Morgan fingerprint density at radius 3 is 2.46 bits per heavy atom. The highest BCUT2D eigenvalue weighted by Gasteiger charge is 2.36. The van der Waals surface area contributed by atoms with Crippen LogP contribution in [0.5, 0.6) is 0 Å². The van der Waals surface area contributed by atoms with Gasteiger partial charge in [-0.05, 0) is 37.3 Å². The van der Waals surface area contributed by atoms with E-state index >= 15 is 0 Å². The standard InChI is InChI=1S/C18H14Cl2F2N2O2/c1-10-17(25)24(16-5-3-12(21)9-15(16)22)7-6-23(10)18(26)11-2-4-13(19)14(20)8-11/h2-5,8-10H,6-7H2,1H3/t10-/m0/s1. The molecule has 1 atom stereocenters. The maximum atomic E-state index is 14.0. The van der Waals surface area contributed by atoms with Gasteiger partial charge in [0, 0.05) is 24.7 Å². The first kappa shape index (κ1) is 18.6. The Hall–Kier alpha value is -2.18. The SMILES string of the molecule is C[C@H]1C(=O)N(c2ccc(F)cc2F)CCN1C(=O)c1ccc(Cl)c(Cl)c1. The second-order valence-corrected chi connectivity index (χ2v) is 6.70. The van der Waals surface area contributed by atoms with Crippen LogP contribution in [0.1, 0.15) is 17.3 Å². The zero-order valence-electron chi connectivity index (χ0n) is 13.7. The van der Waals surface area contributed by atoms with Crippen molar-refractivity contribution in [1.82, 2.24) is 4.90 Å². The van der Waals surface area contributed by atoms with Gasteiger partial charge in [0.15, 0.2) is 0 Å². The van der Waals surface area contributed by atoms with Gasteiger partial charge < -0.3 is 9.80 Å². The zero-order chi connectivity index (χ0) is 19.0. The van der Waals surface area contributed by atoms with E-state index in [9.17, 15) is 18.4 Å². The molecular formula is C18H14Cl2F2N2O2. The molecule has 0 spiro atoms. The lowest BCUT2D eigenvalue weighted by atomic mass is 10.1. The third-order valence-corrected chi connectivity index (χ3v) is 5.02. The first-order valence-corrected chi connectivity index (χ1v) is 8.57. The van der Waals surface area contributed by atoms with Crippen molar-refractivity contribution < 1.29 is 18.4 Å². The molecule has 2 amide bonds. The predicted octanol–water partition coefficient (Wildman–Crippen LogP) is 4.15. The fourth-order valence-corrected chi connectivity index (χ4v) is 3.18. The third kappa shape index (κ3) is 3.39. The van der Waals surface area contributed by atoms with Crippen LogP contribution in [0.3, 0.4) is 0 Å². The monoisotopic (exact) mass is 398 g/mol. The maximum Gasteiger partial charge on any atom is 0.254 e. The molecule has 1 fully saturated rings. The van der Waals surface area contributed by atoms with E-state index in [0.717, 1.165) is 12.1 Å². The summed E-state index contributed by atoms with van der Waals surface area (Å²) in [7, 11) is 0. The molecule has 0 aromatic heterocycles. The smallest absolute Gasteiger partial charge is 0.254 e. The number of anilines is 1. The normalized spacial score (nSPS) is 17.6. The van der Waals surface area contributed by atoms with Gasteiger partial charge >= 0.3 is 0 Å². The summed E-state index contributed by atoms with van der Waals surface area (Å²) in [4.78, 5) is 28.0. The fraction of sp³-hybridized carbons (Fsp3) is 0.222. The third-order valence-electron chi connectivity index (χ3n) is 4.28. The average molecular weight is 399 g/mol. The second kappa shape index (κ2) is 7.21. The molecule has 1 aliphatic rings. The molecule has 26 heavy (non-hydrogen) atoms. The van der Waals surface area contributed by atoms with Crippen LogP contribution < -0.4 is 4.90 Å². The molecular weight excluding hydrogens is 385 g/mol. The van der Waals surface area contributed by atoms with E-state index in [-0.39, 0.29) is 29.7 Å². The van der Waals surface area contributed by atoms with Crippen molar-refractivity contribution in [3.05, 3.63) is 63.6 Å². The van der Waals surface area contributed by atoms with Gasteiger partial charge in [-0.25, -0.2) is 8.78 Å². The number of piperazine rings is 1. The lowest BCUT2D eigenvalue weighted by Crippen LogP contribution is -2.58. The molecule has 136 valence electrons. The highest BCUT2D eigenvalue weighted by molar-refractivity contribution is 6.42. The molecule has 0 radical (unpaired) electrons. The molecule has 0 unspecified atom stereocenters. The predicted molar refractivity (Wildman–Crippen MR) is 95.7 cm³/mol. The Labute approximate surface area is 158 Å². The van der Waals surface area contributed by atoms with E-state index in [0.29, 0.717) is 10.6 Å². The van der Waals surface area contributed by atoms with Crippen molar-refractivity contribution in [2.75, 3.05) is 18.0 Å². The zero-order valence-corrected chi connectivity index (χ0v) is 15.2. The second-order valence-electron chi connectivity index (χ2n) is 5.89. The fourth-order valence-electron chi connectivity index (χ4n) is 2.88. The van der Waals surface area contributed by atoms with Gasteiger partial charge in [-0.2, -0.15) is 0 Å². The van der Waals surface area contributed by atoms with Crippen LogP contribution in [0.15, 0.2) is 36.4 Å². The summed E-state index contributed by atoms with van der Waals surface area (Å²) in [5.74, 6) is -2.37. The van der Waals surface area contributed by atoms with Crippen LogP contribution in [0.25, 0.3) is 0 Å². The van der Waals surface area contributed by atoms with Crippen molar-refractivity contribution in [3.63, 3.8) is 0 Å². The van der Waals surface area contributed by atoms with Crippen molar-refractivity contribution >= 4 is 40.7 Å². The van der Waals surface area contributed by atoms with Crippen LogP contribution in [-0.2, 0) is 4.79 Å². The Balaban J connectivity index is 1.83. The number of nitrogens with zero attached hydrogens (tertiary/aromatic N) is 2. The van der Waals surface area contributed by atoms with Crippen LogP contribution in [0.4, 0.5) is 14.5 Å². The molecule has 0 saturated carbocycles. The Bertz CT molecular complexity index is 891. The highest BCUT2D eigenvalue weighted by Crippen LogP contribution is 2.27. The van der Waals surface area contributed by atoms with Gasteiger partial charge in [0.2, 0.25) is 5.91 Å². The van der Waals surface area contributed by atoms with Gasteiger partial charge in [-0.1, -0.05) is 23.2 Å². The number of carbonyl (C=O) groups is 2. The average Bonchev–Trinajstić information content (AvgIpc) is 2.60. The summed E-state index contributed by atoms with van der Waals surface area (Å²) in [5.41, 5.74) is 0.297. The molecule has 0 aliphatic carbocycles. The lowest BCUT2D eigenvalue weighted by Gasteiger charge is -2.39. The molecule has 1 heterocycles. The number of halogens is 4. The van der Waals surface area contributed by atoms with E-state index in [1.165, 1.54) is 34.1 Å². The topological polar surface area (TPSA) is 40.6 Å². The quantitative estimate of drug-likeness (QED) is 0.762. The minimum Gasteiger partial charge on any atom is -0.325 e. The van der Waals surface area contributed by atoms with Crippen molar-refractivity contribution in [2.24, 2.45) is 0 Å². The lowest BCUT2D eigenvalue weighted by molar-refractivity contribution is -0.124. The maximum absolute atomic E-state index is 14.0. The molecule has 0 bridgehead atoms. The van der Waals surface area contributed by atoms with E-state index in [4.69, 9.17) is 23.2 Å². The molecule has 4 nitrogen and oxygen atoms in total. The highest BCUT2D eigenvalue weighted by atomic mass is 35.5. The summed E-state index contributed by atoms with van der Waals surface area (Å²) < 4.78 is 27.1. The van der Waals surface area contributed by atoms with E-state index in [1.807, 2.05) is 0 Å². The molecule has 1 aliphatic heterocycles. The van der Waals surface area contributed by atoms with E-state index in [2.05, 4.69) is 0 Å². The van der Waals surface area contributed by atoms with Crippen LogP contribution in [-0.4, -0.2) is 35.8 Å². The van der Waals surface area contributed by atoms with Crippen molar-refractivity contribution in [2.45, 2.75) is 13.0 Å². The van der Waals surface area contributed by atoms with Crippen LogP contribution in [0, 0.1) is 11.6 Å². The summed E-state index contributed by atoms with van der Waals surface area (Å²) in [6.45, 7) is 1.85. The van der Waals surface area contributed by atoms with Gasteiger partial charge in [0.25, 0.3) is 5.91 Å². The Morgan fingerprint density at radius 1 is 1.08 bits per heavy atom. The first-order chi connectivity index (χ1) is 12.3. The number of carbonyl (C=O) groups excluding carboxylic acids is 2. The van der Waals surface area contributed by atoms with Crippen molar-refractivity contribution in [3.8, 4) is 0 Å². The number of rotatable bonds is 2. The van der Waals surface area contributed by atoms with Gasteiger partial charge in [-0.15, -0.1) is 0 Å². The number of hydrogen-bond acceptors (Lipinski definition) is 2. The molecule has 2 aromatic carbocycles. The number of hydrogen-bond donors (Lipinski definition) is 0. The molecule has 0 N–H and O–H groups in total. The summed E-state index contributed by atoms with van der Waals surface area (Å²) in [5, 5.41) is 0.562. The Morgan fingerprint density at radius 2 is 1.81 bits per heavy atom. The van der Waals surface area contributed by atoms with Gasteiger partial charge in [0.05, 0.1) is 15.7 Å². The number of amides is 2. The molecule has 2 aromatic rings. The molecule has 8 heteroatoms. The van der Waals surface area contributed by atoms with E-state index < -0.39 is 23.6 Å². The van der Waals surface area contributed by atoms with Gasteiger partial charge in [-0.3, -0.25) is 9.59 Å². The van der Waals surface area contributed by atoms with Crippen molar-refractivity contribution in [1.29, 1.82) is 0 Å². The largest absolute Gasteiger partial charge is 0.325 e. The first-order valence-electron chi connectivity index (χ1n) is 7.82. The summed E-state index contributed by atoms with van der Waals surface area (Å²) >= 11 is 11.8. The van der Waals surface area contributed by atoms with Crippen LogP contribution in [0.2, 0.25) is 10.0 Å². The Kier molecular flexibility index (Phi) is 5.16. The molecule has 3 rings (SSSR count). The van der Waals surface area contributed by atoms with Gasteiger partial charge in [0.1, 0.15) is 17.7 Å². The minimum absolute atomic E-state index is 0.00936. The summed E-state index contributed by atoms with van der Waals surface area (Å²) in [6.07, 6.45) is 0. The minimum atomic E-state index is -0.824.